The Labute approximate surface area is 94.9 Å². The molecule has 1 aliphatic heterocycles. The van der Waals surface area contributed by atoms with Gasteiger partial charge in [-0.05, 0) is 32.4 Å². The molecule has 0 amide bonds. The Morgan fingerprint density at radius 1 is 1.62 bits per heavy atom. The summed E-state index contributed by atoms with van der Waals surface area (Å²) in [4.78, 5) is 5.85. The molecule has 3 nitrogen and oxygen atoms in total. The van der Waals surface area contributed by atoms with Gasteiger partial charge in [0.2, 0.25) is 0 Å². The van der Waals surface area contributed by atoms with E-state index in [0.29, 0.717) is 12.1 Å². The van der Waals surface area contributed by atoms with Crippen molar-refractivity contribution in [3.05, 3.63) is 29.8 Å². The van der Waals surface area contributed by atoms with Crippen LogP contribution in [0.4, 0.5) is 4.39 Å². The second-order valence-corrected chi connectivity index (χ2v) is 4.39. The van der Waals surface area contributed by atoms with E-state index in [1.807, 2.05) is 6.92 Å². The first-order chi connectivity index (χ1) is 7.68. The monoisotopic (exact) mass is 224 g/mol. The Balaban J connectivity index is 2.06. The van der Waals surface area contributed by atoms with Gasteiger partial charge in [-0.15, -0.1) is 0 Å². The van der Waals surface area contributed by atoms with E-state index in [9.17, 15) is 9.50 Å². The number of aromatic nitrogens is 1. The van der Waals surface area contributed by atoms with Crippen LogP contribution in [0.15, 0.2) is 18.5 Å². The molecule has 88 valence electrons. The molecule has 2 rings (SSSR count). The summed E-state index contributed by atoms with van der Waals surface area (Å²) in [5.41, 5.74) is 0.649. The molecular weight excluding hydrogens is 207 g/mol. The van der Waals surface area contributed by atoms with Gasteiger partial charge < -0.3 is 5.11 Å². The van der Waals surface area contributed by atoms with Gasteiger partial charge in [0.1, 0.15) is 5.82 Å². The minimum atomic E-state index is -0.293. The molecule has 0 spiro atoms. The zero-order chi connectivity index (χ0) is 11.5. The van der Waals surface area contributed by atoms with Crippen LogP contribution in [0.25, 0.3) is 0 Å². The van der Waals surface area contributed by atoms with Gasteiger partial charge in [0, 0.05) is 24.3 Å². The fourth-order valence-corrected chi connectivity index (χ4v) is 2.17. The molecule has 0 aromatic carbocycles. The van der Waals surface area contributed by atoms with Crippen LogP contribution in [0.1, 0.15) is 25.3 Å². The van der Waals surface area contributed by atoms with Crippen LogP contribution < -0.4 is 0 Å². The molecule has 1 aliphatic rings. The Morgan fingerprint density at radius 3 is 3.19 bits per heavy atom. The minimum Gasteiger partial charge on any atom is -0.392 e. The Hall–Kier alpha value is -1.00. The molecular formula is C12H17FN2O. The SMILES string of the molecule is C[C@@H]1[C@H](O)CCCN1Cc1ccncc1F. The third-order valence-electron chi connectivity index (χ3n) is 3.31. The average molecular weight is 224 g/mol. The fourth-order valence-electron chi connectivity index (χ4n) is 2.17. The highest BCUT2D eigenvalue weighted by Gasteiger charge is 2.26. The van der Waals surface area contributed by atoms with Gasteiger partial charge in [0.05, 0.1) is 12.3 Å². The van der Waals surface area contributed by atoms with Crippen molar-refractivity contribution in [2.45, 2.75) is 38.5 Å². The summed E-state index contributed by atoms with van der Waals surface area (Å²) >= 11 is 0. The predicted molar refractivity (Wildman–Crippen MR) is 59.3 cm³/mol. The van der Waals surface area contributed by atoms with Crippen LogP contribution in [0.3, 0.4) is 0 Å². The van der Waals surface area contributed by atoms with Gasteiger partial charge in [-0.25, -0.2) is 4.39 Å². The third kappa shape index (κ3) is 2.39. The molecule has 1 aromatic heterocycles. The largest absolute Gasteiger partial charge is 0.392 e. The van der Waals surface area contributed by atoms with Gasteiger partial charge >= 0.3 is 0 Å². The van der Waals surface area contributed by atoms with Crippen molar-refractivity contribution in [3.63, 3.8) is 0 Å². The lowest BCUT2D eigenvalue weighted by Crippen LogP contribution is -2.45. The van der Waals surface area contributed by atoms with Crippen molar-refractivity contribution in [1.82, 2.24) is 9.88 Å². The number of halogens is 1. The zero-order valence-corrected chi connectivity index (χ0v) is 9.43. The molecule has 0 bridgehead atoms. The molecule has 0 radical (unpaired) electrons. The lowest BCUT2D eigenvalue weighted by atomic mass is 10.00. The zero-order valence-electron chi connectivity index (χ0n) is 9.43. The van der Waals surface area contributed by atoms with Gasteiger partial charge in [0.15, 0.2) is 0 Å². The molecule has 4 heteroatoms. The number of hydrogen-bond acceptors (Lipinski definition) is 3. The van der Waals surface area contributed by atoms with Crippen molar-refractivity contribution < 1.29 is 9.50 Å². The quantitative estimate of drug-likeness (QED) is 0.828. The molecule has 2 heterocycles. The molecule has 0 unspecified atom stereocenters. The molecule has 1 saturated heterocycles. The molecule has 0 aliphatic carbocycles. The number of piperidine rings is 1. The summed E-state index contributed by atoms with van der Waals surface area (Å²) < 4.78 is 13.4. The molecule has 2 atom stereocenters. The Bertz CT molecular complexity index is 359. The number of aliphatic hydroxyl groups excluding tert-OH is 1. The highest BCUT2D eigenvalue weighted by Crippen LogP contribution is 2.20. The highest BCUT2D eigenvalue weighted by atomic mass is 19.1. The number of nitrogens with zero attached hydrogens (tertiary/aromatic N) is 2. The number of hydrogen-bond donors (Lipinski definition) is 1. The van der Waals surface area contributed by atoms with E-state index in [2.05, 4.69) is 9.88 Å². The maximum absolute atomic E-state index is 13.4. The Kier molecular flexibility index (Phi) is 3.51. The summed E-state index contributed by atoms with van der Waals surface area (Å²) in [6.07, 6.45) is 4.36. The molecule has 1 fully saturated rings. The fraction of sp³-hybridized carbons (Fsp3) is 0.583. The van der Waals surface area contributed by atoms with Gasteiger partial charge in [-0.3, -0.25) is 9.88 Å². The Morgan fingerprint density at radius 2 is 2.44 bits per heavy atom. The first kappa shape index (κ1) is 11.5. The molecule has 1 N–H and O–H groups in total. The summed E-state index contributed by atoms with van der Waals surface area (Å²) in [6.45, 7) is 3.45. The predicted octanol–water partition coefficient (Wildman–Crippen LogP) is 1.57. The van der Waals surface area contributed by atoms with E-state index in [-0.39, 0.29) is 18.0 Å². The van der Waals surface area contributed by atoms with Crippen molar-refractivity contribution in [3.8, 4) is 0 Å². The number of pyridine rings is 1. The van der Waals surface area contributed by atoms with Gasteiger partial charge in [-0.1, -0.05) is 0 Å². The first-order valence-electron chi connectivity index (χ1n) is 5.69. The van der Waals surface area contributed by atoms with E-state index in [0.717, 1.165) is 19.4 Å². The van der Waals surface area contributed by atoms with E-state index in [1.54, 1.807) is 12.3 Å². The summed E-state index contributed by atoms with van der Waals surface area (Å²) in [5.74, 6) is -0.269. The van der Waals surface area contributed by atoms with E-state index in [1.165, 1.54) is 6.20 Å². The summed E-state index contributed by atoms with van der Waals surface area (Å²) in [6, 6.07) is 1.80. The number of likely N-dealkylation sites (tertiary alicyclic amines) is 1. The van der Waals surface area contributed by atoms with Gasteiger partial charge in [0.25, 0.3) is 0 Å². The van der Waals surface area contributed by atoms with Gasteiger partial charge in [-0.2, -0.15) is 0 Å². The maximum atomic E-state index is 13.4. The molecule has 0 saturated carbocycles. The first-order valence-corrected chi connectivity index (χ1v) is 5.69. The van der Waals surface area contributed by atoms with Crippen LogP contribution in [-0.4, -0.2) is 33.7 Å². The standard InChI is InChI=1S/C12H17FN2O/c1-9-12(16)3-2-6-15(9)8-10-4-5-14-7-11(10)13/h4-5,7,9,12,16H,2-3,6,8H2,1H3/t9-,12-/m1/s1. The number of rotatable bonds is 2. The van der Waals surface area contributed by atoms with Crippen molar-refractivity contribution >= 4 is 0 Å². The van der Waals surface area contributed by atoms with E-state index >= 15 is 0 Å². The van der Waals surface area contributed by atoms with Crippen LogP contribution in [-0.2, 0) is 6.54 Å². The van der Waals surface area contributed by atoms with Crippen molar-refractivity contribution in [2.24, 2.45) is 0 Å². The minimum absolute atomic E-state index is 0.0984. The molecule has 16 heavy (non-hydrogen) atoms. The van der Waals surface area contributed by atoms with E-state index < -0.39 is 0 Å². The third-order valence-corrected chi connectivity index (χ3v) is 3.31. The summed E-state index contributed by atoms with van der Waals surface area (Å²) in [5, 5.41) is 9.75. The van der Waals surface area contributed by atoms with Crippen molar-refractivity contribution in [2.75, 3.05) is 6.54 Å². The second-order valence-electron chi connectivity index (χ2n) is 4.39. The van der Waals surface area contributed by atoms with E-state index in [4.69, 9.17) is 0 Å². The topological polar surface area (TPSA) is 36.4 Å². The van der Waals surface area contributed by atoms with Crippen molar-refractivity contribution in [1.29, 1.82) is 0 Å². The lowest BCUT2D eigenvalue weighted by Gasteiger charge is -2.36. The van der Waals surface area contributed by atoms with Crippen LogP contribution in [0.5, 0.6) is 0 Å². The molecule has 1 aromatic rings. The number of aliphatic hydroxyl groups is 1. The maximum Gasteiger partial charge on any atom is 0.145 e. The average Bonchev–Trinajstić information content (AvgIpc) is 2.28. The highest BCUT2D eigenvalue weighted by molar-refractivity contribution is 5.12. The van der Waals surface area contributed by atoms with Crippen LogP contribution in [0.2, 0.25) is 0 Å². The normalized spacial score (nSPS) is 26.9. The van der Waals surface area contributed by atoms with Crippen LogP contribution >= 0.6 is 0 Å². The summed E-state index contributed by atoms with van der Waals surface area (Å²) in [7, 11) is 0. The lowest BCUT2D eigenvalue weighted by molar-refractivity contribution is 0.0152. The second kappa shape index (κ2) is 4.89. The smallest absolute Gasteiger partial charge is 0.145 e. The van der Waals surface area contributed by atoms with Crippen LogP contribution in [0, 0.1) is 5.82 Å².